The van der Waals surface area contributed by atoms with E-state index in [4.69, 9.17) is 4.98 Å². The van der Waals surface area contributed by atoms with Crippen molar-refractivity contribution in [2.75, 3.05) is 12.3 Å². The third-order valence-corrected chi connectivity index (χ3v) is 8.40. The van der Waals surface area contributed by atoms with E-state index in [-0.39, 0.29) is 16.7 Å². The van der Waals surface area contributed by atoms with Crippen LogP contribution in [0.15, 0.2) is 38.4 Å². The number of nitrogens with zero attached hydrogens (tertiary/aromatic N) is 2. The first-order valence-electron chi connectivity index (χ1n) is 9.72. The maximum absolute atomic E-state index is 13.7. The summed E-state index contributed by atoms with van der Waals surface area (Å²) in [6.07, 6.45) is 2.01. The van der Waals surface area contributed by atoms with Crippen molar-refractivity contribution in [3.8, 4) is 5.69 Å². The second kappa shape index (κ2) is 8.53. The zero-order chi connectivity index (χ0) is 20.5. The molecule has 0 radical (unpaired) electrons. The summed E-state index contributed by atoms with van der Waals surface area (Å²) in [6, 6.07) is 7.87. The van der Waals surface area contributed by atoms with Crippen LogP contribution in [-0.4, -0.2) is 33.0 Å². The van der Waals surface area contributed by atoms with Crippen molar-refractivity contribution < 1.29 is 4.79 Å². The molecule has 8 heteroatoms. The number of aryl methyl sites for hydroxylation is 2. The summed E-state index contributed by atoms with van der Waals surface area (Å²) in [7, 11) is 0. The number of carbonyl (C=O) groups is 1. The Morgan fingerprint density at radius 1 is 1.41 bits per heavy atom. The van der Waals surface area contributed by atoms with Crippen molar-refractivity contribution in [3.05, 3.63) is 45.7 Å². The number of amides is 1. The van der Waals surface area contributed by atoms with Crippen LogP contribution in [-0.2, 0) is 11.2 Å². The van der Waals surface area contributed by atoms with Gasteiger partial charge in [-0.2, -0.15) is 0 Å². The van der Waals surface area contributed by atoms with Crippen LogP contribution >= 0.6 is 34.9 Å². The molecular weight excluding hydrogens is 422 g/mol. The molecule has 1 amide bonds. The van der Waals surface area contributed by atoms with E-state index in [0.29, 0.717) is 11.7 Å². The van der Waals surface area contributed by atoms with Gasteiger partial charge < -0.3 is 5.32 Å². The van der Waals surface area contributed by atoms with E-state index in [1.165, 1.54) is 16.0 Å². The molecule has 29 heavy (non-hydrogen) atoms. The smallest absolute Gasteiger partial charge is 0.267 e. The Kier molecular flexibility index (Phi) is 6.03. The number of rotatable bonds is 5. The van der Waals surface area contributed by atoms with Gasteiger partial charge in [-0.05, 0) is 62.6 Å². The fraction of sp³-hybridized carbons (Fsp3) is 0.381. The van der Waals surface area contributed by atoms with Gasteiger partial charge in [0.15, 0.2) is 5.16 Å². The molecule has 1 aliphatic rings. The topological polar surface area (TPSA) is 64.0 Å². The standard InChI is InChI=1S/C21H23N3O2S3/c1-4-22-17(25)13(3)28-21-23-18-16(15-9-6-10-27-20(15)29-18)19(26)24(21)14-8-5-7-12(2)11-14/h5,7-8,11,13H,4,6,9-10H2,1-3H3,(H,22,25)/t13-/m0/s1. The summed E-state index contributed by atoms with van der Waals surface area (Å²) in [5.41, 5.74) is 2.98. The predicted octanol–water partition coefficient (Wildman–Crippen LogP) is 4.41. The number of fused-ring (bicyclic) bond motifs is 3. The van der Waals surface area contributed by atoms with Gasteiger partial charge in [-0.25, -0.2) is 4.98 Å². The van der Waals surface area contributed by atoms with Crippen molar-refractivity contribution >= 4 is 51.0 Å². The Hall–Kier alpha value is -1.77. The third-order valence-electron chi connectivity index (χ3n) is 4.82. The number of hydrogen-bond donors (Lipinski definition) is 1. The molecule has 0 saturated carbocycles. The molecule has 4 rings (SSSR count). The Bertz CT molecular complexity index is 1140. The highest BCUT2D eigenvalue weighted by Gasteiger charge is 2.25. The molecule has 0 fully saturated rings. The highest BCUT2D eigenvalue weighted by atomic mass is 32.2. The Balaban J connectivity index is 1.92. The normalized spacial score (nSPS) is 14.6. The minimum absolute atomic E-state index is 0.0359. The van der Waals surface area contributed by atoms with Crippen LogP contribution in [0.3, 0.4) is 0 Å². The molecule has 0 unspecified atom stereocenters. The van der Waals surface area contributed by atoms with Gasteiger partial charge in [-0.15, -0.1) is 23.1 Å². The maximum atomic E-state index is 13.7. The molecule has 3 heterocycles. The zero-order valence-corrected chi connectivity index (χ0v) is 19.1. The number of thioether (sulfide) groups is 2. The Morgan fingerprint density at radius 2 is 2.24 bits per heavy atom. The molecule has 152 valence electrons. The number of nitrogens with one attached hydrogen (secondary N) is 1. The minimum atomic E-state index is -0.348. The van der Waals surface area contributed by atoms with E-state index in [1.807, 2.05) is 56.8 Å². The Morgan fingerprint density at radius 3 is 3.00 bits per heavy atom. The molecular formula is C21H23N3O2S3. The summed E-state index contributed by atoms with van der Waals surface area (Å²) in [5.74, 6) is 1.03. The van der Waals surface area contributed by atoms with Crippen LogP contribution in [0.2, 0.25) is 0 Å². The van der Waals surface area contributed by atoms with Gasteiger partial charge in [0.1, 0.15) is 4.83 Å². The number of carbonyl (C=O) groups excluding carboxylic acids is 1. The lowest BCUT2D eigenvalue weighted by molar-refractivity contribution is -0.120. The third kappa shape index (κ3) is 3.98. The molecule has 1 N–H and O–H groups in total. The molecule has 1 aromatic carbocycles. The van der Waals surface area contributed by atoms with Gasteiger partial charge in [-0.1, -0.05) is 23.9 Å². The number of aromatic nitrogens is 2. The average Bonchev–Trinajstić information content (AvgIpc) is 3.06. The Labute approximate surface area is 182 Å². The SMILES string of the molecule is CCNC(=O)[C@H](C)Sc1nc2sc3c(c2c(=O)n1-c1cccc(C)c1)CCCS3. The van der Waals surface area contributed by atoms with Crippen LogP contribution in [0.1, 0.15) is 31.4 Å². The average molecular weight is 446 g/mol. The second-order valence-electron chi connectivity index (χ2n) is 7.03. The minimum Gasteiger partial charge on any atom is -0.355 e. The first-order chi connectivity index (χ1) is 14.0. The first-order valence-corrected chi connectivity index (χ1v) is 12.4. The lowest BCUT2D eigenvalue weighted by atomic mass is 10.1. The molecule has 1 atom stereocenters. The van der Waals surface area contributed by atoms with Crippen molar-refractivity contribution in [2.24, 2.45) is 0 Å². The van der Waals surface area contributed by atoms with E-state index in [2.05, 4.69) is 5.32 Å². The molecule has 0 aliphatic carbocycles. The van der Waals surface area contributed by atoms with Gasteiger partial charge in [0, 0.05) is 6.54 Å². The molecule has 3 aromatic rings. The largest absolute Gasteiger partial charge is 0.355 e. The fourth-order valence-electron chi connectivity index (χ4n) is 3.43. The van der Waals surface area contributed by atoms with E-state index in [0.717, 1.165) is 45.6 Å². The van der Waals surface area contributed by atoms with Crippen molar-refractivity contribution in [3.63, 3.8) is 0 Å². The molecule has 0 saturated heterocycles. The van der Waals surface area contributed by atoms with E-state index >= 15 is 0 Å². The van der Waals surface area contributed by atoms with Gasteiger partial charge in [0.25, 0.3) is 5.56 Å². The molecule has 0 bridgehead atoms. The summed E-state index contributed by atoms with van der Waals surface area (Å²) in [4.78, 5) is 31.6. The second-order valence-corrected chi connectivity index (χ2v) is 10.7. The summed E-state index contributed by atoms with van der Waals surface area (Å²) < 4.78 is 2.90. The lowest BCUT2D eigenvalue weighted by Gasteiger charge is -2.16. The van der Waals surface area contributed by atoms with Gasteiger partial charge in [0.05, 0.1) is 20.5 Å². The fourth-order valence-corrected chi connectivity index (χ4v) is 6.95. The molecule has 1 aliphatic heterocycles. The van der Waals surface area contributed by atoms with E-state index < -0.39 is 0 Å². The number of hydrogen-bond acceptors (Lipinski definition) is 6. The van der Waals surface area contributed by atoms with Crippen LogP contribution in [0, 0.1) is 6.92 Å². The monoisotopic (exact) mass is 445 g/mol. The summed E-state index contributed by atoms with van der Waals surface area (Å²) in [6.45, 7) is 6.33. The molecule has 2 aromatic heterocycles. The van der Waals surface area contributed by atoms with Crippen molar-refractivity contribution in [1.29, 1.82) is 0 Å². The van der Waals surface area contributed by atoms with Crippen LogP contribution < -0.4 is 10.9 Å². The predicted molar refractivity (Wildman–Crippen MR) is 123 cm³/mol. The number of thiophene rings is 1. The van der Waals surface area contributed by atoms with E-state index in [1.54, 1.807) is 15.9 Å². The highest BCUT2D eigenvalue weighted by molar-refractivity contribution is 8.01. The first kappa shape index (κ1) is 20.5. The van der Waals surface area contributed by atoms with Crippen LogP contribution in [0.25, 0.3) is 15.9 Å². The summed E-state index contributed by atoms with van der Waals surface area (Å²) in [5, 5.41) is 3.81. The zero-order valence-electron chi connectivity index (χ0n) is 16.7. The van der Waals surface area contributed by atoms with Gasteiger partial charge in [-0.3, -0.25) is 14.2 Å². The van der Waals surface area contributed by atoms with Gasteiger partial charge >= 0.3 is 0 Å². The molecule has 0 spiro atoms. The van der Waals surface area contributed by atoms with Crippen molar-refractivity contribution in [1.82, 2.24) is 14.9 Å². The van der Waals surface area contributed by atoms with Crippen LogP contribution in [0.4, 0.5) is 0 Å². The maximum Gasteiger partial charge on any atom is 0.267 e. The number of benzene rings is 1. The lowest BCUT2D eigenvalue weighted by Crippen LogP contribution is -2.31. The molecule has 5 nitrogen and oxygen atoms in total. The van der Waals surface area contributed by atoms with Crippen molar-refractivity contribution in [2.45, 2.75) is 48.2 Å². The quantitative estimate of drug-likeness (QED) is 0.466. The van der Waals surface area contributed by atoms with Crippen LogP contribution in [0.5, 0.6) is 0 Å². The van der Waals surface area contributed by atoms with E-state index in [9.17, 15) is 9.59 Å². The summed E-state index contributed by atoms with van der Waals surface area (Å²) >= 11 is 4.76. The van der Waals surface area contributed by atoms with Gasteiger partial charge in [0.2, 0.25) is 5.91 Å². The highest BCUT2D eigenvalue weighted by Crippen LogP contribution is 2.41.